The van der Waals surface area contributed by atoms with E-state index in [0.29, 0.717) is 36.4 Å². The van der Waals surface area contributed by atoms with Crippen molar-refractivity contribution in [2.45, 2.75) is 39.5 Å². The maximum absolute atomic E-state index is 5.92. The molecule has 0 aromatic heterocycles. The lowest BCUT2D eigenvalue weighted by Gasteiger charge is -2.13. The van der Waals surface area contributed by atoms with Crippen molar-refractivity contribution in [3.8, 4) is 23.0 Å². The Morgan fingerprint density at radius 2 is 1.47 bits per heavy atom. The molecule has 0 amide bonds. The molecule has 3 rings (SSSR count). The topological polar surface area (TPSA) is 73.3 Å². The van der Waals surface area contributed by atoms with Gasteiger partial charge in [-0.1, -0.05) is 44.4 Å². The fourth-order valence-electron chi connectivity index (χ4n) is 3.50. The Labute approximate surface area is 231 Å². The molecule has 38 heavy (non-hydrogen) atoms. The quantitative estimate of drug-likeness (QED) is 0.0902. The normalized spacial score (nSPS) is 10.7. The number of anilines is 1. The molecule has 0 heterocycles. The van der Waals surface area contributed by atoms with E-state index >= 15 is 0 Å². The molecule has 0 bridgehead atoms. The Morgan fingerprint density at radius 3 is 2.18 bits per heavy atom. The number of ether oxygens (including phenoxy) is 4. The lowest BCUT2D eigenvalue weighted by Crippen LogP contribution is -2.23. The van der Waals surface area contributed by atoms with E-state index in [4.69, 9.17) is 31.2 Å². The van der Waals surface area contributed by atoms with Gasteiger partial charge in [0, 0.05) is 5.69 Å². The Hall–Kier alpha value is -3.78. The average Bonchev–Trinajstić information content (AvgIpc) is 2.93. The van der Waals surface area contributed by atoms with Gasteiger partial charge in [0.15, 0.2) is 16.6 Å². The van der Waals surface area contributed by atoms with Crippen LogP contribution in [0.25, 0.3) is 0 Å². The Kier molecular flexibility index (Phi) is 12.8. The van der Waals surface area contributed by atoms with Crippen LogP contribution in [0.3, 0.4) is 0 Å². The van der Waals surface area contributed by atoms with Crippen molar-refractivity contribution in [2.75, 3.05) is 31.7 Å². The predicted molar refractivity (Wildman–Crippen MR) is 158 cm³/mol. The fraction of sp³-hybridized carbons (Fsp3) is 0.333. The minimum atomic E-state index is 0.379. The standard InChI is InChI=1S/C30H37N3O4S/c1-3-5-6-10-19-35-26-14-16-27(17-15-26)36-20-21-37-28-18-13-24(22-29(28)34-4-2)23-31-33-30(38)32-25-11-8-7-9-12-25/h7-9,11-18,22-23H,3-6,10,19-21H2,1-2H3,(H2,32,33,38)/b31-23-. The summed E-state index contributed by atoms with van der Waals surface area (Å²) in [6, 6.07) is 23.0. The van der Waals surface area contributed by atoms with Gasteiger partial charge in [0.25, 0.3) is 0 Å². The van der Waals surface area contributed by atoms with Crippen LogP contribution in [-0.2, 0) is 0 Å². The molecule has 0 saturated carbocycles. The molecule has 0 saturated heterocycles. The first-order chi connectivity index (χ1) is 18.7. The van der Waals surface area contributed by atoms with Crippen molar-refractivity contribution in [2.24, 2.45) is 5.10 Å². The number of benzene rings is 3. The molecule has 0 spiro atoms. The molecular formula is C30H37N3O4S. The second-order valence-electron chi connectivity index (χ2n) is 8.41. The van der Waals surface area contributed by atoms with Crippen LogP contribution in [0, 0.1) is 0 Å². The second-order valence-corrected chi connectivity index (χ2v) is 8.82. The van der Waals surface area contributed by atoms with E-state index in [-0.39, 0.29) is 0 Å². The van der Waals surface area contributed by atoms with Crippen LogP contribution in [0.5, 0.6) is 23.0 Å². The number of thiocarbonyl (C=S) groups is 1. The molecule has 8 heteroatoms. The molecule has 2 N–H and O–H groups in total. The Bertz CT molecular complexity index is 1120. The van der Waals surface area contributed by atoms with E-state index in [1.54, 1.807) is 6.21 Å². The summed E-state index contributed by atoms with van der Waals surface area (Å²) in [4.78, 5) is 0. The lowest BCUT2D eigenvalue weighted by molar-refractivity contribution is 0.208. The first kappa shape index (κ1) is 28.8. The van der Waals surface area contributed by atoms with Gasteiger partial charge in [-0.25, -0.2) is 0 Å². The van der Waals surface area contributed by atoms with E-state index in [1.807, 2.05) is 79.7 Å². The number of nitrogens with zero attached hydrogens (tertiary/aromatic N) is 1. The highest BCUT2D eigenvalue weighted by molar-refractivity contribution is 7.80. The van der Waals surface area contributed by atoms with Gasteiger partial charge >= 0.3 is 0 Å². The average molecular weight is 536 g/mol. The summed E-state index contributed by atoms with van der Waals surface area (Å²) >= 11 is 5.27. The van der Waals surface area contributed by atoms with Crippen LogP contribution in [0.15, 0.2) is 77.9 Å². The summed E-state index contributed by atoms with van der Waals surface area (Å²) in [6.07, 6.45) is 6.44. The van der Waals surface area contributed by atoms with Gasteiger partial charge in [-0.2, -0.15) is 5.10 Å². The van der Waals surface area contributed by atoms with E-state index < -0.39 is 0 Å². The lowest BCUT2D eigenvalue weighted by atomic mass is 10.2. The molecule has 0 unspecified atom stereocenters. The molecule has 7 nitrogen and oxygen atoms in total. The largest absolute Gasteiger partial charge is 0.494 e. The molecule has 0 aliphatic carbocycles. The van der Waals surface area contributed by atoms with E-state index in [0.717, 1.165) is 35.8 Å². The molecule has 0 radical (unpaired) electrons. The number of rotatable bonds is 16. The highest BCUT2D eigenvalue weighted by Crippen LogP contribution is 2.28. The maximum Gasteiger partial charge on any atom is 0.191 e. The Morgan fingerprint density at radius 1 is 0.763 bits per heavy atom. The number of hydrogen-bond acceptors (Lipinski definition) is 6. The summed E-state index contributed by atoms with van der Waals surface area (Å²) in [5.41, 5.74) is 4.56. The molecule has 3 aromatic rings. The van der Waals surface area contributed by atoms with Crippen molar-refractivity contribution < 1.29 is 18.9 Å². The third kappa shape index (κ3) is 10.7. The van der Waals surface area contributed by atoms with Gasteiger partial charge in [0.1, 0.15) is 24.7 Å². The van der Waals surface area contributed by atoms with Crippen molar-refractivity contribution in [3.63, 3.8) is 0 Å². The SMILES string of the molecule is CCCCCCOc1ccc(OCCOc2ccc(/C=N\NC(=S)Nc3ccccc3)cc2OCC)cc1. The number of nitrogens with one attached hydrogen (secondary N) is 2. The molecule has 3 aromatic carbocycles. The zero-order chi connectivity index (χ0) is 26.8. The smallest absolute Gasteiger partial charge is 0.191 e. The van der Waals surface area contributed by atoms with E-state index in [1.165, 1.54) is 19.3 Å². The van der Waals surface area contributed by atoms with Crippen LogP contribution in [-0.4, -0.2) is 37.8 Å². The monoisotopic (exact) mass is 535 g/mol. The zero-order valence-electron chi connectivity index (χ0n) is 22.2. The first-order valence-electron chi connectivity index (χ1n) is 13.1. The van der Waals surface area contributed by atoms with Gasteiger partial charge in [0.2, 0.25) is 0 Å². The third-order valence-electron chi connectivity index (χ3n) is 5.38. The number of hydrazone groups is 1. The second kappa shape index (κ2) is 16.9. The van der Waals surface area contributed by atoms with Crippen LogP contribution in [0.2, 0.25) is 0 Å². The first-order valence-corrected chi connectivity index (χ1v) is 13.5. The molecular weight excluding hydrogens is 498 g/mol. The highest BCUT2D eigenvalue weighted by atomic mass is 32.1. The number of hydrogen-bond donors (Lipinski definition) is 2. The van der Waals surface area contributed by atoms with Gasteiger partial charge in [-0.3, -0.25) is 5.43 Å². The summed E-state index contributed by atoms with van der Waals surface area (Å²) < 4.78 is 23.3. The Balaban J connectivity index is 1.42. The minimum Gasteiger partial charge on any atom is -0.494 e. The molecule has 0 aliphatic rings. The highest BCUT2D eigenvalue weighted by Gasteiger charge is 2.07. The number of para-hydroxylation sites is 1. The van der Waals surface area contributed by atoms with Crippen molar-refractivity contribution in [1.82, 2.24) is 5.43 Å². The van der Waals surface area contributed by atoms with Gasteiger partial charge < -0.3 is 24.3 Å². The van der Waals surface area contributed by atoms with Gasteiger partial charge in [0.05, 0.1) is 19.4 Å². The van der Waals surface area contributed by atoms with Gasteiger partial charge in [-0.05, 0) is 85.7 Å². The zero-order valence-corrected chi connectivity index (χ0v) is 23.0. The van der Waals surface area contributed by atoms with Crippen molar-refractivity contribution in [1.29, 1.82) is 0 Å². The molecule has 0 aliphatic heterocycles. The molecule has 0 fully saturated rings. The summed E-state index contributed by atoms with van der Waals surface area (Å²) in [5.74, 6) is 2.92. The van der Waals surface area contributed by atoms with E-state index in [2.05, 4.69) is 22.8 Å². The minimum absolute atomic E-state index is 0.379. The summed E-state index contributed by atoms with van der Waals surface area (Å²) in [6.45, 7) is 6.19. The van der Waals surface area contributed by atoms with Crippen LogP contribution in [0.4, 0.5) is 5.69 Å². The number of unbranched alkanes of at least 4 members (excludes halogenated alkanes) is 3. The molecule has 202 valence electrons. The third-order valence-corrected chi connectivity index (χ3v) is 5.57. The van der Waals surface area contributed by atoms with Crippen LogP contribution in [0.1, 0.15) is 45.1 Å². The van der Waals surface area contributed by atoms with Crippen molar-refractivity contribution >= 4 is 29.2 Å². The van der Waals surface area contributed by atoms with Crippen LogP contribution >= 0.6 is 12.2 Å². The fourth-order valence-corrected chi connectivity index (χ4v) is 3.67. The van der Waals surface area contributed by atoms with Crippen LogP contribution < -0.4 is 29.7 Å². The van der Waals surface area contributed by atoms with Gasteiger partial charge in [-0.15, -0.1) is 0 Å². The summed E-state index contributed by atoms with van der Waals surface area (Å²) in [5, 5.41) is 7.68. The van der Waals surface area contributed by atoms with Crippen molar-refractivity contribution in [3.05, 3.63) is 78.4 Å². The maximum atomic E-state index is 5.92. The predicted octanol–water partition coefficient (Wildman–Crippen LogP) is 6.82. The molecule has 0 atom stereocenters. The van der Waals surface area contributed by atoms with E-state index in [9.17, 15) is 0 Å². The summed E-state index contributed by atoms with van der Waals surface area (Å²) in [7, 11) is 0.